The minimum Gasteiger partial charge on any atom is -0.322 e. The summed E-state index contributed by atoms with van der Waals surface area (Å²) in [5.41, 5.74) is 8.83. The quantitative estimate of drug-likeness (QED) is 0.845. The topological polar surface area (TPSA) is 26.0 Å². The molecule has 4 bridgehead atoms. The van der Waals surface area contributed by atoms with Gasteiger partial charge in [-0.15, -0.1) is 0 Å². The maximum absolute atomic E-state index is 6.20. The van der Waals surface area contributed by atoms with Crippen molar-refractivity contribution in [1.82, 2.24) is 0 Å². The fourth-order valence-corrected chi connectivity index (χ4v) is 5.60. The minimum atomic E-state index is -0.220. The van der Waals surface area contributed by atoms with Crippen molar-refractivity contribution >= 4 is 0 Å². The molecule has 4 aliphatic rings. The molecule has 0 saturated heterocycles. The third-order valence-electron chi connectivity index (χ3n) is 6.27. The lowest BCUT2D eigenvalue weighted by Gasteiger charge is -2.54. The van der Waals surface area contributed by atoms with Gasteiger partial charge in [0.2, 0.25) is 0 Å². The summed E-state index contributed by atoms with van der Waals surface area (Å²) in [7, 11) is 0. The molecule has 1 aromatic carbocycles. The van der Waals surface area contributed by atoms with Gasteiger partial charge in [0.25, 0.3) is 0 Å². The van der Waals surface area contributed by atoms with Crippen molar-refractivity contribution in [3.63, 3.8) is 0 Å². The Labute approximate surface area is 122 Å². The Morgan fingerprint density at radius 1 is 0.850 bits per heavy atom. The molecular formula is C19H27N. The van der Waals surface area contributed by atoms with Crippen LogP contribution in [0.2, 0.25) is 0 Å². The Morgan fingerprint density at radius 3 is 1.80 bits per heavy atom. The average molecular weight is 269 g/mol. The van der Waals surface area contributed by atoms with E-state index in [0.29, 0.717) is 0 Å². The van der Waals surface area contributed by atoms with E-state index in [4.69, 9.17) is 5.73 Å². The van der Waals surface area contributed by atoms with Crippen LogP contribution in [-0.2, 0) is 5.54 Å². The first-order chi connectivity index (χ1) is 9.50. The lowest BCUT2D eigenvalue weighted by Crippen LogP contribution is -2.43. The average Bonchev–Trinajstić information content (AvgIpc) is 2.37. The molecule has 5 rings (SSSR count). The van der Waals surface area contributed by atoms with E-state index in [2.05, 4.69) is 38.1 Å². The highest BCUT2D eigenvalue weighted by Crippen LogP contribution is 2.59. The van der Waals surface area contributed by atoms with Crippen LogP contribution in [0, 0.1) is 23.7 Å². The number of nitrogens with two attached hydrogens (primary N) is 1. The molecule has 1 heteroatoms. The highest BCUT2D eigenvalue weighted by Gasteiger charge is 2.48. The van der Waals surface area contributed by atoms with E-state index in [1.54, 1.807) is 12.0 Å². The lowest BCUT2D eigenvalue weighted by atomic mass is 9.51. The van der Waals surface area contributed by atoms with Gasteiger partial charge in [-0.05, 0) is 86.7 Å². The van der Waals surface area contributed by atoms with E-state index in [-0.39, 0.29) is 5.54 Å². The summed E-state index contributed by atoms with van der Waals surface area (Å²) in [4.78, 5) is 0. The standard InChI is InChI=1S/C19H27N/c1-19(2,20)17-5-3-14(4-6-17)18-15-8-12-7-13(10-15)11-16(18)9-12/h3-6,12-13,15-16,18H,7-11,20H2,1-2H3. The van der Waals surface area contributed by atoms with Crippen molar-refractivity contribution in [2.45, 2.75) is 57.4 Å². The molecule has 4 aliphatic carbocycles. The van der Waals surface area contributed by atoms with Crippen LogP contribution >= 0.6 is 0 Å². The molecule has 108 valence electrons. The number of hydrogen-bond acceptors (Lipinski definition) is 1. The molecule has 0 aliphatic heterocycles. The first kappa shape index (κ1) is 12.9. The molecule has 0 aromatic heterocycles. The molecule has 1 aromatic rings. The summed E-state index contributed by atoms with van der Waals surface area (Å²) in [6.45, 7) is 4.18. The largest absolute Gasteiger partial charge is 0.322 e. The van der Waals surface area contributed by atoms with Gasteiger partial charge in [-0.25, -0.2) is 0 Å². The van der Waals surface area contributed by atoms with Crippen molar-refractivity contribution in [2.24, 2.45) is 29.4 Å². The van der Waals surface area contributed by atoms with Gasteiger partial charge in [-0.3, -0.25) is 0 Å². The Bertz CT molecular complexity index is 465. The Hall–Kier alpha value is -0.820. The molecule has 4 fully saturated rings. The van der Waals surface area contributed by atoms with E-state index in [0.717, 1.165) is 29.6 Å². The molecule has 0 amide bonds. The fourth-order valence-electron chi connectivity index (χ4n) is 5.60. The highest BCUT2D eigenvalue weighted by molar-refractivity contribution is 5.31. The van der Waals surface area contributed by atoms with Crippen molar-refractivity contribution in [3.8, 4) is 0 Å². The van der Waals surface area contributed by atoms with Crippen molar-refractivity contribution in [3.05, 3.63) is 35.4 Å². The first-order valence-electron chi connectivity index (χ1n) is 8.40. The van der Waals surface area contributed by atoms with Crippen LogP contribution in [0.4, 0.5) is 0 Å². The van der Waals surface area contributed by atoms with E-state index in [1.165, 1.54) is 31.2 Å². The summed E-state index contributed by atoms with van der Waals surface area (Å²) in [6, 6.07) is 9.27. The summed E-state index contributed by atoms with van der Waals surface area (Å²) in [5, 5.41) is 0. The molecule has 4 saturated carbocycles. The molecule has 0 radical (unpaired) electrons. The van der Waals surface area contributed by atoms with Gasteiger partial charge < -0.3 is 5.73 Å². The second kappa shape index (κ2) is 4.34. The minimum absolute atomic E-state index is 0.220. The van der Waals surface area contributed by atoms with Gasteiger partial charge in [0, 0.05) is 5.54 Å². The summed E-state index contributed by atoms with van der Waals surface area (Å²) in [5.74, 6) is 4.93. The second-order valence-electron chi connectivity index (χ2n) is 8.30. The summed E-state index contributed by atoms with van der Waals surface area (Å²) < 4.78 is 0. The molecule has 0 spiro atoms. The zero-order chi connectivity index (χ0) is 13.9. The number of benzene rings is 1. The molecule has 0 heterocycles. The fraction of sp³-hybridized carbons (Fsp3) is 0.684. The molecule has 1 nitrogen and oxygen atoms in total. The molecule has 2 N–H and O–H groups in total. The zero-order valence-electron chi connectivity index (χ0n) is 12.8. The Morgan fingerprint density at radius 2 is 1.35 bits per heavy atom. The lowest BCUT2D eigenvalue weighted by molar-refractivity contribution is -0.00278. The predicted molar refractivity (Wildman–Crippen MR) is 83.4 cm³/mol. The maximum atomic E-state index is 6.20. The maximum Gasteiger partial charge on any atom is 0.0352 e. The van der Waals surface area contributed by atoms with Crippen molar-refractivity contribution in [1.29, 1.82) is 0 Å². The van der Waals surface area contributed by atoms with Crippen molar-refractivity contribution in [2.75, 3.05) is 0 Å². The van der Waals surface area contributed by atoms with Crippen molar-refractivity contribution < 1.29 is 0 Å². The van der Waals surface area contributed by atoms with Gasteiger partial charge in [0.15, 0.2) is 0 Å². The normalized spacial score (nSPS) is 39.2. The van der Waals surface area contributed by atoms with Crippen LogP contribution in [0.5, 0.6) is 0 Å². The van der Waals surface area contributed by atoms with E-state index < -0.39 is 0 Å². The van der Waals surface area contributed by atoms with E-state index >= 15 is 0 Å². The molecule has 20 heavy (non-hydrogen) atoms. The number of hydrogen-bond donors (Lipinski definition) is 1. The van der Waals surface area contributed by atoms with Gasteiger partial charge in [-0.2, -0.15) is 0 Å². The Balaban J connectivity index is 1.61. The number of rotatable bonds is 2. The van der Waals surface area contributed by atoms with Gasteiger partial charge in [0.05, 0.1) is 0 Å². The van der Waals surface area contributed by atoms with Crippen LogP contribution < -0.4 is 5.73 Å². The summed E-state index contributed by atoms with van der Waals surface area (Å²) >= 11 is 0. The first-order valence-corrected chi connectivity index (χ1v) is 8.40. The SMILES string of the molecule is CC(C)(N)c1ccc(C2C3CC4CC(C3)CC2C4)cc1. The summed E-state index contributed by atoms with van der Waals surface area (Å²) in [6.07, 6.45) is 7.55. The molecule has 0 unspecified atom stereocenters. The molecule has 0 atom stereocenters. The highest BCUT2D eigenvalue weighted by atomic mass is 14.7. The van der Waals surface area contributed by atoms with Gasteiger partial charge in [-0.1, -0.05) is 24.3 Å². The van der Waals surface area contributed by atoms with Gasteiger partial charge in [0.1, 0.15) is 0 Å². The third kappa shape index (κ3) is 2.02. The smallest absolute Gasteiger partial charge is 0.0352 e. The van der Waals surface area contributed by atoms with Crippen LogP contribution in [0.3, 0.4) is 0 Å². The monoisotopic (exact) mass is 269 g/mol. The van der Waals surface area contributed by atoms with E-state index in [1.807, 2.05) is 0 Å². The Kier molecular flexibility index (Phi) is 2.79. The molecular weight excluding hydrogens is 242 g/mol. The van der Waals surface area contributed by atoms with Crippen LogP contribution in [0.15, 0.2) is 24.3 Å². The third-order valence-corrected chi connectivity index (χ3v) is 6.27. The second-order valence-corrected chi connectivity index (χ2v) is 8.30. The van der Waals surface area contributed by atoms with E-state index in [9.17, 15) is 0 Å². The van der Waals surface area contributed by atoms with Gasteiger partial charge >= 0.3 is 0 Å². The zero-order valence-corrected chi connectivity index (χ0v) is 12.8. The predicted octanol–water partition coefficient (Wildman–Crippen LogP) is 4.42. The van der Waals surface area contributed by atoms with Crippen LogP contribution in [-0.4, -0.2) is 0 Å². The van der Waals surface area contributed by atoms with Crippen LogP contribution in [0.25, 0.3) is 0 Å². The van der Waals surface area contributed by atoms with Crippen LogP contribution in [0.1, 0.15) is 63.0 Å².